The van der Waals surface area contributed by atoms with Crippen molar-refractivity contribution in [3.63, 3.8) is 0 Å². The molecule has 1 saturated heterocycles. The molecular formula is C18H20Cl2N2O5S2. The van der Waals surface area contributed by atoms with Crippen LogP contribution in [0.3, 0.4) is 0 Å². The number of piperidine rings is 1. The number of methoxy groups -OCH3 is 1. The summed E-state index contributed by atoms with van der Waals surface area (Å²) >= 11 is 12.0. The Morgan fingerprint density at radius 1 is 1.00 bits per heavy atom. The molecule has 0 amide bonds. The van der Waals surface area contributed by atoms with Gasteiger partial charge in [-0.2, -0.15) is 4.31 Å². The van der Waals surface area contributed by atoms with E-state index in [2.05, 4.69) is 4.72 Å². The minimum Gasteiger partial charge on any atom is -0.495 e. The molecule has 0 spiro atoms. The Kier molecular flexibility index (Phi) is 6.64. The highest BCUT2D eigenvalue weighted by atomic mass is 35.5. The molecular weight excluding hydrogens is 459 g/mol. The van der Waals surface area contributed by atoms with Gasteiger partial charge in [0.05, 0.1) is 27.7 Å². The van der Waals surface area contributed by atoms with Gasteiger partial charge in [-0.25, -0.2) is 16.8 Å². The molecule has 0 radical (unpaired) electrons. The Morgan fingerprint density at radius 3 is 2.34 bits per heavy atom. The Labute approximate surface area is 180 Å². The minimum absolute atomic E-state index is 0.0124. The minimum atomic E-state index is -4.14. The second-order valence-electron chi connectivity index (χ2n) is 6.48. The van der Waals surface area contributed by atoms with Crippen LogP contribution in [0.4, 0.5) is 5.69 Å². The van der Waals surface area contributed by atoms with Crippen molar-refractivity contribution in [1.82, 2.24) is 4.31 Å². The lowest BCUT2D eigenvalue weighted by Gasteiger charge is -2.26. The molecule has 0 atom stereocenters. The quantitative estimate of drug-likeness (QED) is 0.677. The highest BCUT2D eigenvalue weighted by Gasteiger charge is 2.28. The number of nitrogens with zero attached hydrogens (tertiary/aromatic N) is 1. The SMILES string of the molecule is COc1ccc(S(=O)(=O)N2CCCCC2)cc1NS(=O)(=O)c1cccc(Cl)c1Cl. The van der Waals surface area contributed by atoms with Gasteiger partial charge in [-0.15, -0.1) is 0 Å². The van der Waals surface area contributed by atoms with Gasteiger partial charge in [0.15, 0.2) is 0 Å². The molecule has 11 heteroatoms. The number of nitrogens with one attached hydrogen (secondary N) is 1. The molecule has 7 nitrogen and oxygen atoms in total. The van der Waals surface area contributed by atoms with E-state index in [0.717, 1.165) is 19.3 Å². The smallest absolute Gasteiger partial charge is 0.263 e. The lowest BCUT2D eigenvalue weighted by molar-refractivity contribution is 0.346. The highest BCUT2D eigenvalue weighted by molar-refractivity contribution is 7.93. The van der Waals surface area contributed by atoms with Crippen LogP contribution in [0.25, 0.3) is 0 Å². The summed E-state index contributed by atoms with van der Waals surface area (Å²) in [4.78, 5) is -0.242. The Hall–Kier alpha value is -1.52. The second-order valence-corrected chi connectivity index (χ2v) is 10.9. The van der Waals surface area contributed by atoms with Crippen LogP contribution in [0, 0.1) is 0 Å². The zero-order chi connectivity index (χ0) is 21.2. The van der Waals surface area contributed by atoms with E-state index < -0.39 is 20.0 Å². The van der Waals surface area contributed by atoms with Crippen LogP contribution in [0.1, 0.15) is 19.3 Å². The monoisotopic (exact) mass is 478 g/mol. The van der Waals surface area contributed by atoms with Crippen molar-refractivity contribution in [2.75, 3.05) is 24.9 Å². The highest BCUT2D eigenvalue weighted by Crippen LogP contribution is 2.34. The molecule has 1 N–H and O–H groups in total. The van der Waals surface area contributed by atoms with Crippen LogP contribution in [-0.4, -0.2) is 41.3 Å². The fourth-order valence-corrected chi connectivity index (χ4v) is 6.44. The van der Waals surface area contributed by atoms with Gasteiger partial charge in [-0.05, 0) is 43.2 Å². The first-order valence-corrected chi connectivity index (χ1v) is 12.5. The third-order valence-electron chi connectivity index (χ3n) is 4.57. The summed E-state index contributed by atoms with van der Waals surface area (Å²) < 4.78 is 60.5. The number of hydrogen-bond donors (Lipinski definition) is 1. The van der Waals surface area contributed by atoms with Crippen molar-refractivity contribution in [2.45, 2.75) is 29.1 Å². The Morgan fingerprint density at radius 2 is 1.69 bits per heavy atom. The number of sulfonamides is 2. The van der Waals surface area contributed by atoms with Gasteiger partial charge in [0, 0.05) is 13.1 Å². The first-order chi connectivity index (χ1) is 13.7. The van der Waals surface area contributed by atoms with Crippen molar-refractivity contribution < 1.29 is 21.6 Å². The maximum absolute atomic E-state index is 12.9. The van der Waals surface area contributed by atoms with Crippen LogP contribution < -0.4 is 9.46 Å². The van der Waals surface area contributed by atoms with E-state index in [1.807, 2.05) is 0 Å². The zero-order valence-electron chi connectivity index (χ0n) is 15.6. The lowest BCUT2D eigenvalue weighted by atomic mass is 10.2. The number of anilines is 1. The van der Waals surface area contributed by atoms with Gasteiger partial charge in [-0.1, -0.05) is 35.7 Å². The van der Waals surface area contributed by atoms with E-state index >= 15 is 0 Å². The first kappa shape index (κ1) is 22.2. The van der Waals surface area contributed by atoms with E-state index in [-0.39, 0.29) is 31.3 Å². The summed E-state index contributed by atoms with van der Waals surface area (Å²) in [7, 11) is -6.53. The number of halogens is 2. The predicted octanol–water partition coefficient (Wildman–Crippen LogP) is 3.98. The summed E-state index contributed by atoms with van der Waals surface area (Å²) in [6.45, 7) is 0.876. The molecule has 1 fully saturated rings. The van der Waals surface area contributed by atoms with Gasteiger partial charge in [0.1, 0.15) is 10.6 Å². The normalized spacial score (nSPS) is 15.8. The molecule has 1 aliphatic heterocycles. The second kappa shape index (κ2) is 8.69. The average Bonchev–Trinajstić information content (AvgIpc) is 2.70. The average molecular weight is 479 g/mol. The number of hydrogen-bond acceptors (Lipinski definition) is 5. The Balaban J connectivity index is 2.01. The third-order valence-corrected chi connectivity index (χ3v) is 8.81. The van der Waals surface area contributed by atoms with Crippen LogP contribution in [0.15, 0.2) is 46.2 Å². The molecule has 0 saturated carbocycles. The zero-order valence-corrected chi connectivity index (χ0v) is 18.7. The van der Waals surface area contributed by atoms with Crippen molar-refractivity contribution in [3.8, 4) is 5.75 Å². The maximum Gasteiger partial charge on any atom is 0.263 e. The van der Waals surface area contributed by atoms with Crippen molar-refractivity contribution in [3.05, 3.63) is 46.4 Å². The van der Waals surface area contributed by atoms with Crippen molar-refractivity contribution in [2.24, 2.45) is 0 Å². The fourth-order valence-electron chi connectivity index (χ4n) is 3.07. The van der Waals surface area contributed by atoms with Gasteiger partial charge in [-0.3, -0.25) is 4.72 Å². The molecule has 1 heterocycles. The number of benzene rings is 2. The van der Waals surface area contributed by atoms with Crippen LogP contribution in [-0.2, 0) is 20.0 Å². The third kappa shape index (κ3) is 4.64. The van der Waals surface area contributed by atoms with Gasteiger partial charge in [0.2, 0.25) is 10.0 Å². The van der Waals surface area contributed by atoms with Crippen molar-refractivity contribution in [1.29, 1.82) is 0 Å². The molecule has 0 unspecified atom stereocenters. The molecule has 2 aromatic carbocycles. The summed E-state index contributed by atoms with van der Waals surface area (Å²) in [5.74, 6) is 0.171. The maximum atomic E-state index is 12.9. The summed E-state index contributed by atoms with van der Waals surface area (Å²) in [5.41, 5.74) is -0.0124. The van der Waals surface area contributed by atoms with Crippen LogP contribution >= 0.6 is 23.2 Å². The molecule has 29 heavy (non-hydrogen) atoms. The topological polar surface area (TPSA) is 92.8 Å². The Bertz CT molecular complexity index is 1120. The van der Waals surface area contributed by atoms with Gasteiger partial charge < -0.3 is 4.74 Å². The first-order valence-electron chi connectivity index (χ1n) is 8.82. The summed E-state index contributed by atoms with van der Waals surface area (Å²) in [6.07, 6.45) is 2.57. The van der Waals surface area contributed by atoms with Crippen molar-refractivity contribution >= 4 is 48.9 Å². The molecule has 0 aliphatic carbocycles. The molecule has 0 bridgehead atoms. The van der Waals surface area contributed by atoms with E-state index in [0.29, 0.717) is 13.1 Å². The van der Waals surface area contributed by atoms with Crippen LogP contribution in [0.5, 0.6) is 5.75 Å². The van der Waals surface area contributed by atoms with E-state index in [9.17, 15) is 16.8 Å². The van der Waals surface area contributed by atoms with Gasteiger partial charge >= 0.3 is 0 Å². The number of ether oxygens (including phenoxy) is 1. The summed E-state index contributed by atoms with van der Waals surface area (Å²) in [6, 6.07) is 8.28. The predicted molar refractivity (Wildman–Crippen MR) is 113 cm³/mol. The molecule has 0 aromatic heterocycles. The van der Waals surface area contributed by atoms with E-state index in [1.54, 1.807) is 0 Å². The largest absolute Gasteiger partial charge is 0.495 e. The van der Waals surface area contributed by atoms with Crippen LogP contribution in [0.2, 0.25) is 10.0 Å². The lowest BCUT2D eigenvalue weighted by Crippen LogP contribution is -2.35. The summed E-state index contributed by atoms with van der Waals surface area (Å²) in [5, 5.41) is -0.0411. The molecule has 3 rings (SSSR count). The fraction of sp³-hybridized carbons (Fsp3) is 0.333. The number of rotatable bonds is 6. The van der Waals surface area contributed by atoms with E-state index in [1.165, 1.54) is 47.8 Å². The standard InChI is InChI=1S/C18H20Cl2N2O5S2/c1-27-16-9-8-13(29(25,26)22-10-3-2-4-11-22)12-15(16)21-28(23,24)17-7-5-6-14(19)18(17)20/h5-9,12,21H,2-4,10-11H2,1H3. The molecule has 2 aromatic rings. The molecule has 158 valence electrons. The van der Waals surface area contributed by atoms with E-state index in [4.69, 9.17) is 27.9 Å². The van der Waals surface area contributed by atoms with Gasteiger partial charge in [0.25, 0.3) is 10.0 Å². The molecule has 1 aliphatic rings.